The van der Waals surface area contributed by atoms with Gasteiger partial charge in [0.25, 0.3) is 5.91 Å². The number of benzene rings is 3. The lowest BCUT2D eigenvalue weighted by Crippen LogP contribution is -2.22. The van der Waals surface area contributed by atoms with Crippen LogP contribution in [0.5, 0.6) is 23.0 Å². The lowest BCUT2D eigenvalue weighted by Gasteiger charge is -2.28. The molecule has 3 aromatic carbocycles. The molecule has 9 nitrogen and oxygen atoms in total. The van der Waals surface area contributed by atoms with Gasteiger partial charge in [0.15, 0.2) is 11.5 Å². The number of aromatic nitrogens is 2. The quantitative estimate of drug-likeness (QED) is 0.242. The van der Waals surface area contributed by atoms with E-state index in [-0.39, 0.29) is 5.91 Å². The van der Waals surface area contributed by atoms with Crippen LogP contribution in [0.1, 0.15) is 46.9 Å². The number of anilines is 2. The van der Waals surface area contributed by atoms with Crippen molar-refractivity contribution in [2.24, 2.45) is 0 Å². The van der Waals surface area contributed by atoms with Gasteiger partial charge in [-0.2, -0.15) is 5.10 Å². The highest BCUT2D eigenvalue weighted by Crippen LogP contribution is 2.43. The molecule has 5 rings (SSSR count). The van der Waals surface area contributed by atoms with E-state index >= 15 is 0 Å². The average molecular weight is 555 g/mol. The van der Waals surface area contributed by atoms with E-state index < -0.39 is 6.04 Å². The zero-order chi connectivity index (χ0) is 28.9. The van der Waals surface area contributed by atoms with Gasteiger partial charge in [-0.25, -0.2) is 4.68 Å². The molecule has 0 spiro atoms. The molecule has 0 unspecified atom stereocenters. The second kappa shape index (κ2) is 12.1. The summed E-state index contributed by atoms with van der Waals surface area (Å²) in [5, 5.41) is 11.1. The van der Waals surface area contributed by atoms with Crippen molar-refractivity contribution in [3.8, 4) is 23.0 Å². The monoisotopic (exact) mass is 554 g/mol. The molecule has 0 fully saturated rings. The van der Waals surface area contributed by atoms with Gasteiger partial charge in [0.2, 0.25) is 0 Å². The number of carbonyl (C=O) groups excluding carboxylic acids is 1. The molecule has 0 radical (unpaired) electrons. The SMILES string of the molecule is CCOc1ccc(NC(=O)c2cnn3c2NC(c2ccc(CC)cc2)=C[C@H]3c2cc(OC)c(OC)cc2OC)cc1. The average Bonchev–Trinajstić information content (AvgIpc) is 3.45. The number of methoxy groups -OCH3 is 3. The van der Waals surface area contributed by atoms with Crippen LogP contribution in [0.3, 0.4) is 0 Å². The molecule has 9 heteroatoms. The van der Waals surface area contributed by atoms with E-state index in [0.717, 1.165) is 29.0 Å². The number of ether oxygens (including phenoxy) is 4. The van der Waals surface area contributed by atoms with Gasteiger partial charge < -0.3 is 29.6 Å². The molecule has 1 atom stereocenters. The Kier molecular flexibility index (Phi) is 8.14. The fraction of sp³-hybridized carbons (Fsp3) is 0.250. The molecular weight excluding hydrogens is 520 g/mol. The van der Waals surface area contributed by atoms with Gasteiger partial charge in [-0.3, -0.25) is 4.79 Å². The summed E-state index contributed by atoms with van der Waals surface area (Å²) in [5.41, 5.74) is 4.92. The molecule has 0 saturated heterocycles. The van der Waals surface area contributed by atoms with Crippen molar-refractivity contribution in [3.63, 3.8) is 0 Å². The number of rotatable bonds is 10. The molecule has 0 bridgehead atoms. The Morgan fingerprint density at radius 1 is 0.927 bits per heavy atom. The number of hydrogen-bond donors (Lipinski definition) is 2. The fourth-order valence-electron chi connectivity index (χ4n) is 4.86. The van der Waals surface area contributed by atoms with Crippen LogP contribution in [0.15, 0.2) is 72.9 Å². The molecule has 1 aliphatic rings. The Morgan fingerprint density at radius 3 is 2.24 bits per heavy atom. The van der Waals surface area contributed by atoms with Crippen molar-refractivity contribution >= 4 is 23.1 Å². The normalized spacial score (nSPS) is 13.9. The highest BCUT2D eigenvalue weighted by molar-refractivity contribution is 6.08. The standard InChI is InChI=1S/C32H34N4O5/c1-6-20-8-10-21(11-9-20)26-17-27(24-16-29(39-4)30(40-5)18-28(24)38-3)36-31(35-26)25(19-33-36)32(37)34-22-12-14-23(15-13-22)41-7-2/h8-19,27,35H,6-7H2,1-5H3,(H,34,37)/t27-/m0/s1. The summed E-state index contributed by atoms with van der Waals surface area (Å²) < 4.78 is 24.2. The zero-order valence-electron chi connectivity index (χ0n) is 23.9. The molecule has 1 aromatic heterocycles. The largest absolute Gasteiger partial charge is 0.496 e. The van der Waals surface area contributed by atoms with E-state index in [2.05, 4.69) is 53.0 Å². The van der Waals surface area contributed by atoms with Crippen LogP contribution in [0.25, 0.3) is 5.70 Å². The number of allylic oxidation sites excluding steroid dienone is 1. The smallest absolute Gasteiger partial charge is 0.261 e. The number of nitrogens with one attached hydrogen (secondary N) is 2. The number of aryl methyl sites for hydroxylation is 1. The Morgan fingerprint density at radius 2 is 1.61 bits per heavy atom. The van der Waals surface area contributed by atoms with Crippen LogP contribution in [0.2, 0.25) is 0 Å². The van der Waals surface area contributed by atoms with E-state index in [1.165, 1.54) is 5.56 Å². The molecule has 41 heavy (non-hydrogen) atoms. The molecule has 0 aliphatic carbocycles. The van der Waals surface area contributed by atoms with E-state index in [0.29, 0.717) is 40.9 Å². The van der Waals surface area contributed by atoms with Gasteiger partial charge in [-0.15, -0.1) is 0 Å². The summed E-state index contributed by atoms with van der Waals surface area (Å²) in [4.78, 5) is 13.5. The molecule has 2 N–H and O–H groups in total. The van der Waals surface area contributed by atoms with Crippen molar-refractivity contribution in [2.45, 2.75) is 26.3 Å². The molecule has 4 aromatic rings. The molecule has 0 saturated carbocycles. The number of carbonyl (C=O) groups is 1. The lowest BCUT2D eigenvalue weighted by molar-refractivity contribution is 0.102. The van der Waals surface area contributed by atoms with Crippen LogP contribution < -0.4 is 29.6 Å². The third-order valence-electron chi connectivity index (χ3n) is 7.03. The summed E-state index contributed by atoms with van der Waals surface area (Å²) in [5.74, 6) is 2.73. The summed E-state index contributed by atoms with van der Waals surface area (Å²) in [6, 6.07) is 18.9. The van der Waals surface area contributed by atoms with Crippen molar-refractivity contribution < 1.29 is 23.7 Å². The maximum Gasteiger partial charge on any atom is 0.261 e. The van der Waals surface area contributed by atoms with E-state index in [9.17, 15) is 4.79 Å². The fourth-order valence-corrected chi connectivity index (χ4v) is 4.86. The van der Waals surface area contributed by atoms with Crippen molar-refractivity contribution in [1.82, 2.24) is 9.78 Å². The third kappa shape index (κ3) is 5.56. The highest BCUT2D eigenvalue weighted by Gasteiger charge is 2.30. The van der Waals surface area contributed by atoms with Crippen molar-refractivity contribution in [1.29, 1.82) is 0 Å². The van der Waals surface area contributed by atoms with Gasteiger partial charge >= 0.3 is 0 Å². The Labute approximate surface area is 239 Å². The Bertz CT molecular complexity index is 1560. The van der Waals surface area contributed by atoms with Crippen LogP contribution in [0, 0.1) is 0 Å². The molecule has 212 valence electrons. The van der Waals surface area contributed by atoms with Crippen molar-refractivity contribution in [3.05, 3.63) is 95.2 Å². The second-order valence-electron chi connectivity index (χ2n) is 9.41. The Balaban J connectivity index is 1.57. The number of fused-ring (bicyclic) bond motifs is 1. The van der Waals surface area contributed by atoms with Crippen molar-refractivity contribution in [2.75, 3.05) is 38.6 Å². The van der Waals surface area contributed by atoms with E-state index in [4.69, 9.17) is 18.9 Å². The number of nitrogens with zero attached hydrogens (tertiary/aromatic N) is 2. The Hall–Kier alpha value is -4.92. The predicted molar refractivity (Wildman–Crippen MR) is 159 cm³/mol. The van der Waals surface area contributed by atoms with Gasteiger partial charge in [-0.1, -0.05) is 31.2 Å². The lowest BCUT2D eigenvalue weighted by atomic mass is 9.98. The maximum absolute atomic E-state index is 13.5. The molecule has 1 amide bonds. The minimum atomic E-state index is -0.408. The summed E-state index contributed by atoms with van der Waals surface area (Å²) in [6.07, 6.45) is 4.59. The van der Waals surface area contributed by atoms with Crippen LogP contribution in [0.4, 0.5) is 11.5 Å². The first kappa shape index (κ1) is 27.6. The molecular formula is C32H34N4O5. The first-order valence-corrected chi connectivity index (χ1v) is 13.5. The predicted octanol–water partition coefficient (Wildman–Crippen LogP) is 6.18. The van der Waals surface area contributed by atoms with Gasteiger partial charge in [0.05, 0.1) is 34.1 Å². The molecule has 2 heterocycles. The van der Waals surface area contributed by atoms with Gasteiger partial charge in [0, 0.05) is 23.0 Å². The first-order valence-electron chi connectivity index (χ1n) is 13.5. The summed E-state index contributed by atoms with van der Waals surface area (Å²) in [6.45, 7) is 4.63. The zero-order valence-corrected chi connectivity index (χ0v) is 23.9. The summed E-state index contributed by atoms with van der Waals surface area (Å²) >= 11 is 0. The number of amides is 1. The maximum atomic E-state index is 13.5. The van der Waals surface area contributed by atoms with Crippen LogP contribution in [-0.4, -0.2) is 43.6 Å². The van der Waals surface area contributed by atoms with Crippen LogP contribution >= 0.6 is 0 Å². The third-order valence-corrected chi connectivity index (χ3v) is 7.03. The van der Waals surface area contributed by atoms with E-state index in [1.807, 2.05) is 37.3 Å². The van der Waals surface area contributed by atoms with Gasteiger partial charge in [-0.05, 0) is 60.9 Å². The van der Waals surface area contributed by atoms with Gasteiger partial charge in [0.1, 0.15) is 28.9 Å². The minimum absolute atomic E-state index is 0.288. The van der Waals surface area contributed by atoms with Crippen LogP contribution in [-0.2, 0) is 6.42 Å². The first-order chi connectivity index (χ1) is 20.0. The topological polar surface area (TPSA) is 95.9 Å². The molecule has 1 aliphatic heterocycles. The van der Waals surface area contributed by atoms with E-state index in [1.54, 1.807) is 38.3 Å². The minimum Gasteiger partial charge on any atom is -0.496 e. The number of hydrogen-bond acceptors (Lipinski definition) is 7. The highest BCUT2D eigenvalue weighted by atomic mass is 16.5. The summed E-state index contributed by atoms with van der Waals surface area (Å²) in [7, 11) is 4.79. The second-order valence-corrected chi connectivity index (χ2v) is 9.41.